The Bertz CT molecular complexity index is 1110. The molecule has 0 heterocycles. The number of nitrogens with two attached hydrogens (primary N) is 1. The van der Waals surface area contributed by atoms with E-state index in [-0.39, 0.29) is 17.9 Å². The molecule has 0 aliphatic rings. The van der Waals surface area contributed by atoms with Gasteiger partial charge in [0.25, 0.3) is 5.91 Å². The molecule has 7 heteroatoms. The van der Waals surface area contributed by atoms with Crippen LogP contribution in [0.4, 0.5) is 8.78 Å². The zero-order chi connectivity index (χ0) is 22.5. The van der Waals surface area contributed by atoms with Gasteiger partial charge in [0.15, 0.2) is 6.10 Å². The molecule has 0 aliphatic carbocycles. The van der Waals surface area contributed by atoms with E-state index < -0.39 is 29.2 Å². The molecule has 0 bridgehead atoms. The topological polar surface area (TPSA) is 88.2 Å². The van der Waals surface area contributed by atoms with Crippen LogP contribution in [-0.4, -0.2) is 18.9 Å². The van der Waals surface area contributed by atoms with E-state index in [0.717, 1.165) is 17.2 Å². The van der Waals surface area contributed by atoms with Crippen molar-refractivity contribution in [2.24, 2.45) is 5.73 Å². The Morgan fingerprint density at radius 1 is 1.13 bits per heavy atom. The molecular weight excluding hydrogens is 400 g/mol. The minimum absolute atomic E-state index is 0.0607. The molecule has 1 amide bonds. The first-order valence-corrected chi connectivity index (χ1v) is 9.60. The van der Waals surface area contributed by atoms with E-state index in [4.69, 9.17) is 15.9 Å². The first-order chi connectivity index (χ1) is 14.8. The second-order valence-corrected chi connectivity index (χ2v) is 7.14. The van der Waals surface area contributed by atoms with Gasteiger partial charge in [-0.25, -0.2) is 8.78 Å². The standard InChI is InChI=1S/C24H23F2N3O2/c1-14-4-3-5-17(12-14)18-10-11-19(25)20(21(18)26)22(31-2)24(30)29-13-15-6-8-16(9-7-15)23(27)28/h3-12,22H,13H2,1-2H3,(H3,27,28)(H,29,30). The van der Waals surface area contributed by atoms with Gasteiger partial charge in [-0.1, -0.05) is 54.1 Å². The highest BCUT2D eigenvalue weighted by Gasteiger charge is 2.28. The molecule has 1 unspecified atom stereocenters. The third-order valence-electron chi connectivity index (χ3n) is 4.92. The molecule has 4 N–H and O–H groups in total. The van der Waals surface area contributed by atoms with Crippen LogP contribution in [0.5, 0.6) is 0 Å². The maximum Gasteiger partial charge on any atom is 0.254 e. The van der Waals surface area contributed by atoms with Gasteiger partial charge in [-0.3, -0.25) is 10.2 Å². The number of rotatable bonds is 7. The molecule has 3 rings (SSSR count). The molecule has 1 atom stereocenters. The van der Waals surface area contributed by atoms with Crippen LogP contribution in [0.15, 0.2) is 60.7 Å². The van der Waals surface area contributed by atoms with E-state index in [9.17, 15) is 9.18 Å². The van der Waals surface area contributed by atoms with Crippen molar-refractivity contribution in [3.8, 4) is 11.1 Å². The smallest absolute Gasteiger partial charge is 0.254 e. The van der Waals surface area contributed by atoms with Crippen LogP contribution in [0, 0.1) is 24.0 Å². The van der Waals surface area contributed by atoms with E-state index in [1.165, 1.54) is 13.2 Å². The number of amides is 1. The lowest BCUT2D eigenvalue weighted by molar-refractivity contribution is -0.131. The zero-order valence-corrected chi connectivity index (χ0v) is 17.2. The number of hydrogen-bond acceptors (Lipinski definition) is 3. The molecule has 0 spiro atoms. The van der Waals surface area contributed by atoms with Crippen molar-refractivity contribution < 1.29 is 18.3 Å². The number of nitrogen functional groups attached to an aromatic ring is 1. The van der Waals surface area contributed by atoms with Gasteiger partial charge >= 0.3 is 0 Å². The van der Waals surface area contributed by atoms with Gasteiger partial charge < -0.3 is 15.8 Å². The molecule has 31 heavy (non-hydrogen) atoms. The fourth-order valence-corrected chi connectivity index (χ4v) is 3.29. The summed E-state index contributed by atoms with van der Waals surface area (Å²) in [4.78, 5) is 12.7. The third kappa shape index (κ3) is 4.95. The van der Waals surface area contributed by atoms with Gasteiger partial charge in [-0.05, 0) is 30.2 Å². The Balaban J connectivity index is 1.84. The lowest BCUT2D eigenvalue weighted by Gasteiger charge is -2.19. The summed E-state index contributed by atoms with van der Waals surface area (Å²) in [6.45, 7) is 2.00. The average Bonchev–Trinajstić information content (AvgIpc) is 2.75. The normalized spacial score (nSPS) is 11.7. The highest BCUT2D eigenvalue weighted by atomic mass is 19.1. The second kappa shape index (κ2) is 9.49. The SMILES string of the molecule is COC(C(=O)NCc1ccc(C(=N)N)cc1)c1c(F)ccc(-c2cccc(C)c2)c1F. The van der Waals surface area contributed by atoms with Crippen LogP contribution in [0.25, 0.3) is 11.1 Å². The quantitative estimate of drug-likeness (QED) is 0.393. The van der Waals surface area contributed by atoms with Gasteiger partial charge in [0.2, 0.25) is 0 Å². The maximum atomic E-state index is 15.3. The Labute approximate surface area is 179 Å². The van der Waals surface area contributed by atoms with Crippen molar-refractivity contribution in [3.05, 3.63) is 94.6 Å². The molecule has 160 valence electrons. The number of nitrogens with one attached hydrogen (secondary N) is 2. The fourth-order valence-electron chi connectivity index (χ4n) is 3.29. The minimum atomic E-state index is -1.46. The van der Waals surface area contributed by atoms with Crippen LogP contribution >= 0.6 is 0 Å². The second-order valence-electron chi connectivity index (χ2n) is 7.14. The molecule has 0 saturated carbocycles. The summed E-state index contributed by atoms with van der Waals surface area (Å²) in [5, 5.41) is 10.0. The highest BCUT2D eigenvalue weighted by molar-refractivity contribution is 5.94. The number of carbonyl (C=O) groups is 1. The van der Waals surface area contributed by atoms with Crippen molar-refractivity contribution >= 4 is 11.7 Å². The predicted octanol–water partition coefficient (Wildman–Crippen LogP) is 4.23. The minimum Gasteiger partial charge on any atom is -0.384 e. The van der Waals surface area contributed by atoms with Gasteiger partial charge in [-0.2, -0.15) is 0 Å². The summed E-state index contributed by atoms with van der Waals surface area (Å²) in [5.41, 5.74) is 7.98. The Morgan fingerprint density at radius 3 is 2.45 bits per heavy atom. The van der Waals surface area contributed by atoms with E-state index >= 15 is 4.39 Å². The molecule has 0 fully saturated rings. The third-order valence-corrected chi connectivity index (χ3v) is 4.92. The van der Waals surface area contributed by atoms with Crippen LogP contribution in [0.2, 0.25) is 0 Å². The van der Waals surface area contributed by atoms with E-state index in [0.29, 0.717) is 11.1 Å². The summed E-state index contributed by atoms with van der Waals surface area (Å²) >= 11 is 0. The predicted molar refractivity (Wildman–Crippen MR) is 116 cm³/mol. The molecule has 3 aromatic rings. The van der Waals surface area contributed by atoms with E-state index in [1.54, 1.807) is 42.5 Å². The molecule has 5 nitrogen and oxygen atoms in total. The molecular formula is C24H23F2N3O2. The van der Waals surface area contributed by atoms with E-state index in [1.807, 2.05) is 13.0 Å². The van der Waals surface area contributed by atoms with Crippen LogP contribution < -0.4 is 11.1 Å². The van der Waals surface area contributed by atoms with Crippen molar-refractivity contribution in [2.45, 2.75) is 19.6 Å². The lowest BCUT2D eigenvalue weighted by atomic mass is 9.97. The van der Waals surface area contributed by atoms with Gasteiger partial charge in [-0.15, -0.1) is 0 Å². The van der Waals surface area contributed by atoms with Crippen molar-refractivity contribution in [1.29, 1.82) is 5.41 Å². The fraction of sp³-hybridized carbons (Fsp3) is 0.167. The Morgan fingerprint density at radius 2 is 1.84 bits per heavy atom. The largest absolute Gasteiger partial charge is 0.384 e. The van der Waals surface area contributed by atoms with Crippen molar-refractivity contribution in [3.63, 3.8) is 0 Å². The van der Waals surface area contributed by atoms with Gasteiger partial charge in [0.05, 0.1) is 5.56 Å². The van der Waals surface area contributed by atoms with Crippen molar-refractivity contribution in [1.82, 2.24) is 5.32 Å². The number of ether oxygens (including phenoxy) is 1. The average molecular weight is 423 g/mol. The Hall–Kier alpha value is -3.58. The zero-order valence-electron chi connectivity index (χ0n) is 17.2. The number of methoxy groups -OCH3 is 1. The van der Waals surface area contributed by atoms with Crippen molar-refractivity contribution in [2.75, 3.05) is 7.11 Å². The van der Waals surface area contributed by atoms with Gasteiger partial charge in [0.1, 0.15) is 17.5 Å². The molecule has 0 saturated heterocycles. The van der Waals surface area contributed by atoms with Crippen LogP contribution in [-0.2, 0) is 16.1 Å². The summed E-state index contributed by atoms with van der Waals surface area (Å²) in [5.74, 6) is -2.42. The Kier molecular flexibility index (Phi) is 6.77. The monoisotopic (exact) mass is 423 g/mol. The van der Waals surface area contributed by atoms with Crippen LogP contribution in [0.3, 0.4) is 0 Å². The summed E-state index contributed by atoms with van der Waals surface area (Å²) in [6, 6.07) is 16.4. The lowest BCUT2D eigenvalue weighted by Crippen LogP contribution is -2.31. The first kappa shape index (κ1) is 22.1. The summed E-state index contributed by atoms with van der Waals surface area (Å²) in [7, 11) is 1.23. The van der Waals surface area contributed by atoms with Crippen LogP contribution in [0.1, 0.15) is 28.4 Å². The number of carbonyl (C=O) groups excluding carboxylic acids is 1. The van der Waals surface area contributed by atoms with E-state index in [2.05, 4.69) is 5.32 Å². The highest BCUT2D eigenvalue weighted by Crippen LogP contribution is 2.32. The number of amidine groups is 1. The number of halogens is 2. The maximum absolute atomic E-state index is 15.3. The molecule has 3 aromatic carbocycles. The van der Waals surface area contributed by atoms with Gasteiger partial charge in [0, 0.05) is 24.8 Å². The number of hydrogen-bond donors (Lipinski definition) is 3. The molecule has 0 radical (unpaired) electrons. The molecule has 0 aromatic heterocycles. The summed E-state index contributed by atoms with van der Waals surface area (Å²) in [6.07, 6.45) is -1.46. The summed E-state index contributed by atoms with van der Waals surface area (Å²) < 4.78 is 35.1. The number of benzene rings is 3. The molecule has 0 aliphatic heterocycles. The first-order valence-electron chi connectivity index (χ1n) is 9.60. The number of aryl methyl sites for hydroxylation is 1.